The molecule has 0 aromatic heterocycles. The Morgan fingerprint density at radius 1 is 1.04 bits per heavy atom. The fourth-order valence-corrected chi connectivity index (χ4v) is 2.33. The molecule has 132 valence electrons. The lowest BCUT2D eigenvalue weighted by molar-refractivity contribution is -0.139. The molecule has 25 heavy (non-hydrogen) atoms. The number of hydrogen-bond acceptors (Lipinski definition) is 4. The number of benzene rings is 2. The summed E-state index contributed by atoms with van der Waals surface area (Å²) in [4.78, 5) is 25.1. The molecule has 0 aliphatic carbocycles. The zero-order valence-corrected chi connectivity index (χ0v) is 14.8. The van der Waals surface area contributed by atoms with Gasteiger partial charge in [-0.2, -0.15) is 0 Å². The number of aryl methyl sites for hydroxylation is 1. The maximum atomic E-state index is 12.2. The van der Waals surface area contributed by atoms with Crippen LogP contribution in [0.1, 0.15) is 16.7 Å². The number of nitrogens with zero attached hydrogens (tertiary/aromatic N) is 1. The van der Waals surface area contributed by atoms with Crippen LogP contribution in [0.15, 0.2) is 48.5 Å². The van der Waals surface area contributed by atoms with Crippen LogP contribution in [-0.4, -0.2) is 37.5 Å². The Bertz CT molecular complexity index is 725. The molecule has 5 heteroatoms. The van der Waals surface area contributed by atoms with E-state index in [2.05, 4.69) is 4.74 Å². The van der Waals surface area contributed by atoms with Crippen molar-refractivity contribution in [3.63, 3.8) is 0 Å². The Morgan fingerprint density at radius 3 is 2.36 bits per heavy atom. The Balaban J connectivity index is 1.84. The fourth-order valence-electron chi connectivity index (χ4n) is 2.33. The van der Waals surface area contributed by atoms with Crippen molar-refractivity contribution in [1.82, 2.24) is 4.90 Å². The first-order valence-corrected chi connectivity index (χ1v) is 8.06. The molecule has 0 bridgehead atoms. The highest BCUT2D eigenvalue weighted by Gasteiger charge is 2.11. The Kier molecular flexibility index (Phi) is 6.57. The minimum atomic E-state index is -0.290. The van der Waals surface area contributed by atoms with Gasteiger partial charge < -0.3 is 14.4 Å². The van der Waals surface area contributed by atoms with Gasteiger partial charge in [-0.05, 0) is 35.7 Å². The van der Waals surface area contributed by atoms with Crippen LogP contribution in [-0.2, 0) is 27.3 Å². The lowest BCUT2D eigenvalue weighted by Crippen LogP contribution is -2.31. The second kappa shape index (κ2) is 8.87. The first-order valence-electron chi connectivity index (χ1n) is 8.06. The molecule has 0 radical (unpaired) electrons. The second-order valence-corrected chi connectivity index (χ2v) is 5.86. The van der Waals surface area contributed by atoms with Crippen molar-refractivity contribution in [1.29, 1.82) is 0 Å². The number of rotatable bonds is 7. The maximum Gasteiger partial charge on any atom is 0.309 e. The van der Waals surface area contributed by atoms with Gasteiger partial charge in [0.25, 0.3) is 5.91 Å². The van der Waals surface area contributed by atoms with Crippen LogP contribution in [0, 0.1) is 6.92 Å². The summed E-state index contributed by atoms with van der Waals surface area (Å²) in [7, 11) is 3.12. The highest BCUT2D eigenvalue weighted by atomic mass is 16.5. The van der Waals surface area contributed by atoms with Gasteiger partial charge >= 0.3 is 5.97 Å². The van der Waals surface area contributed by atoms with Crippen molar-refractivity contribution < 1.29 is 19.1 Å². The molecule has 0 N–H and O–H groups in total. The largest absolute Gasteiger partial charge is 0.484 e. The van der Waals surface area contributed by atoms with Crippen LogP contribution >= 0.6 is 0 Å². The molecular weight excluding hydrogens is 318 g/mol. The van der Waals surface area contributed by atoms with Crippen LogP contribution in [0.5, 0.6) is 5.75 Å². The van der Waals surface area contributed by atoms with Gasteiger partial charge in [0.1, 0.15) is 5.75 Å². The number of methoxy groups -OCH3 is 1. The Labute approximate surface area is 148 Å². The highest BCUT2D eigenvalue weighted by Crippen LogP contribution is 2.14. The molecule has 2 aromatic rings. The molecule has 0 saturated carbocycles. The normalized spacial score (nSPS) is 10.2. The molecule has 1 amide bonds. The molecule has 0 heterocycles. The van der Waals surface area contributed by atoms with E-state index in [4.69, 9.17) is 4.74 Å². The Morgan fingerprint density at radius 2 is 1.72 bits per heavy atom. The van der Waals surface area contributed by atoms with Crippen LogP contribution in [0.4, 0.5) is 0 Å². The van der Waals surface area contributed by atoms with E-state index in [9.17, 15) is 9.59 Å². The van der Waals surface area contributed by atoms with Gasteiger partial charge in [0.05, 0.1) is 13.5 Å². The van der Waals surface area contributed by atoms with Gasteiger partial charge in [-0.1, -0.05) is 36.4 Å². The van der Waals surface area contributed by atoms with E-state index in [1.165, 1.54) is 7.11 Å². The fraction of sp³-hybridized carbons (Fsp3) is 0.300. The van der Waals surface area contributed by atoms with Gasteiger partial charge in [0.2, 0.25) is 0 Å². The number of amides is 1. The molecule has 0 saturated heterocycles. The van der Waals surface area contributed by atoms with E-state index in [0.717, 1.165) is 16.7 Å². The van der Waals surface area contributed by atoms with E-state index >= 15 is 0 Å². The summed E-state index contributed by atoms with van der Waals surface area (Å²) >= 11 is 0. The summed E-state index contributed by atoms with van der Waals surface area (Å²) in [5.41, 5.74) is 3.11. The molecule has 0 aliphatic heterocycles. The average molecular weight is 341 g/mol. The number of likely N-dealkylation sites (N-methyl/N-ethyl adjacent to an activating group) is 1. The van der Waals surface area contributed by atoms with Crippen molar-refractivity contribution in [2.24, 2.45) is 0 Å². The molecule has 0 unspecified atom stereocenters. The third-order valence-corrected chi connectivity index (χ3v) is 3.96. The van der Waals surface area contributed by atoms with Crippen molar-refractivity contribution in [2.45, 2.75) is 19.9 Å². The molecule has 0 aliphatic rings. The monoisotopic (exact) mass is 341 g/mol. The van der Waals surface area contributed by atoms with Gasteiger partial charge in [0.15, 0.2) is 6.61 Å². The SMILES string of the molecule is COC(=O)Cc1ccc(OCC(=O)N(C)Cc2ccccc2C)cc1. The van der Waals surface area contributed by atoms with Crippen LogP contribution in [0.25, 0.3) is 0 Å². The first-order chi connectivity index (χ1) is 12.0. The quantitative estimate of drug-likeness (QED) is 0.727. The van der Waals surface area contributed by atoms with E-state index in [1.807, 2.05) is 31.2 Å². The third kappa shape index (κ3) is 5.64. The minimum absolute atomic E-state index is 0.0290. The average Bonchev–Trinajstić information content (AvgIpc) is 2.62. The van der Waals surface area contributed by atoms with Gasteiger partial charge in [0, 0.05) is 13.6 Å². The first kappa shape index (κ1) is 18.5. The predicted octanol–water partition coefficient (Wildman–Crippen LogP) is 2.75. The molecule has 0 fully saturated rings. The lowest BCUT2D eigenvalue weighted by Gasteiger charge is -2.18. The summed E-state index contributed by atoms with van der Waals surface area (Å²) < 4.78 is 10.2. The van der Waals surface area contributed by atoms with Crippen LogP contribution in [0.3, 0.4) is 0 Å². The highest BCUT2D eigenvalue weighted by molar-refractivity contribution is 5.77. The number of hydrogen-bond donors (Lipinski definition) is 0. The topological polar surface area (TPSA) is 55.8 Å². The van der Waals surface area contributed by atoms with Gasteiger partial charge in [-0.15, -0.1) is 0 Å². The van der Waals surface area contributed by atoms with E-state index in [1.54, 1.807) is 36.2 Å². The van der Waals surface area contributed by atoms with Crippen molar-refractivity contribution >= 4 is 11.9 Å². The third-order valence-electron chi connectivity index (χ3n) is 3.96. The molecule has 2 rings (SSSR count). The smallest absolute Gasteiger partial charge is 0.309 e. The second-order valence-electron chi connectivity index (χ2n) is 5.86. The van der Waals surface area contributed by atoms with Crippen molar-refractivity contribution in [3.05, 3.63) is 65.2 Å². The van der Waals surface area contributed by atoms with Crippen LogP contribution in [0.2, 0.25) is 0 Å². The molecule has 0 spiro atoms. The van der Waals surface area contributed by atoms with Gasteiger partial charge in [-0.3, -0.25) is 9.59 Å². The number of esters is 1. The summed E-state index contributed by atoms with van der Waals surface area (Å²) in [6.07, 6.45) is 0.217. The molecular formula is C20H23NO4. The maximum absolute atomic E-state index is 12.2. The minimum Gasteiger partial charge on any atom is -0.484 e. The summed E-state index contributed by atoms with van der Waals surface area (Å²) in [6, 6.07) is 15.0. The zero-order chi connectivity index (χ0) is 18.2. The van der Waals surface area contributed by atoms with Gasteiger partial charge in [-0.25, -0.2) is 0 Å². The van der Waals surface area contributed by atoms with Crippen molar-refractivity contribution in [2.75, 3.05) is 20.8 Å². The molecule has 0 atom stereocenters. The number of carbonyl (C=O) groups excluding carboxylic acids is 2. The Hall–Kier alpha value is -2.82. The van der Waals surface area contributed by atoms with E-state index in [-0.39, 0.29) is 24.9 Å². The lowest BCUT2D eigenvalue weighted by atomic mass is 10.1. The van der Waals surface area contributed by atoms with E-state index in [0.29, 0.717) is 12.3 Å². The summed E-state index contributed by atoms with van der Waals surface area (Å²) in [6.45, 7) is 2.55. The van der Waals surface area contributed by atoms with Crippen LogP contribution < -0.4 is 4.74 Å². The summed E-state index contributed by atoms with van der Waals surface area (Å²) in [5, 5.41) is 0. The summed E-state index contributed by atoms with van der Waals surface area (Å²) in [5.74, 6) is 0.204. The van der Waals surface area contributed by atoms with Crippen molar-refractivity contribution in [3.8, 4) is 5.75 Å². The van der Waals surface area contributed by atoms with E-state index < -0.39 is 0 Å². The number of ether oxygens (including phenoxy) is 2. The number of carbonyl (C=O) groups is 2. The molecule has 2 aromatic carbocycles. The predicted molar refractivity (Wildman–Crippen MR) is 95.3 cm³/mol. The zero-order valence-electron chi connectivity index (χ0n) is 14.8. The standard InChI is InChI=1S/C20H23NO4/c1-15-6-4-5-7-17(15)13-21(2)19(22)14-25-18-10-8-16(9-11-18)12-20(23)24-3/h4-11H,12-14H2,1-3H3. The molecule has 5 nitrogen and oxygen atoms in total.